The largest absolute Gasteiger partial charge is 0.493 e. The SMILES string of the molecule is COc1cc(CNC(=O)COc2cc(C)ccc2C)cc(OC)c1OC. The van der Waals surface area contributed by atoms with Crippen molar-refractivity contribution in [3.63, 3.8) is 0 Å². The zero-order valence-corrected chi connectivity index (χ0v) is 15.8. The average molecular weight is 359 g/mol. The van der Waals surface area contributed by atoms with Crippen molar-refractivity contribution in [2.45, 2.75) is 20.4 Å². The van der Waals surface area contributed by atoms with Crippen LogP contribution in [-0.4, -0.2) is 33.8 Å². The molecular weight excluding hydrogens is 334 g/mol. The summed E-state index contributed by atoms with van der Waals surface area (Å²) in [5, 5.41) is 2.83. The zero-order chi connectivity index (χ0) is 19.1. The molecule has 0 aromatic heterocycles. The minimum Gasteiger partial charge on any atom is -0.493 e. The predicted molar refractivity (Wildman–Crippen MR) is 99.4 cm³/mol. The highest BCUT2D eigenvalue weighted by Gasteiger charge is 2.13. The van der Waals surface area contributed by atoms with Gasteiger partial charge in [-0.25, -0.2) is 0 Å². The number of amides is 1. The summed E-state index contributed by atoms with van der Waals surface area (Å²) < 4.78 is 21.5. The number of hydrogen-bond acceptors (Lipinski definition) is 5. The van der Waals surface area contributed by atoms with Crippen LogP contribution in [0.3, 0.4) is 0 Å². The fourth-order valence-electron chi connectivity index (χ4n) is 2.50. The second-order valence-corrected chi connectivity index (χ2v) is 5.87. The van der Waals surface area contributed by atoms with Gasteiger partial charge in [-0.3, -0.25) is 4.79 Å². The number of carbonyl (C=O) groups is 1. The van der Waals surface area contributed by atoms with Gasteiger partial charge in [0.1, 0.15) is 5.75 Å². The van der Waals surface area contributed by atoms with Crippen molar-refractivity contribution >= 4 is 5.91 Å². The Kier molecular flexibility index (Phi) is 6.72. The molecule has 0 heterocycles. The quantitative estimate of drug-likeness (QED) is 0.785. The molecule has 0 saturated heterocycles. The van der Waals surface area contributed by atoms with Gasteiger partial charge in [0.2, 0.25) is 5.75 Å². The van der Waals surface area contributed by atoms with Crippen molar-refractivity contribution in [3.8, 4) is 23.0 Å². The summed E-state index contributed by atoms with van der Waals surface area (Å²) in [4.78, 5) is 12.1. The van der Waals surface area contributed by atoms with Gasteiger partial charge in [-0.2, -0.15) is 0 Å². The Labute approximate surface area is 154 Å². The molecule has 140 valence electrons. The first kappa shape index (κ1) is 19.4. The fourth-order valence-corrected chi connectivity index (χ4v) is 2.50. The first-order valence-corrected chi connectivity index (χ1v) is 8.24. The molecule has 6 heteroatoms. The van der Waals surface area contributed by atoms with Crippen LogP contribution in [0.1, 0.15) is 16.7 Å². The monoisotopic (exact) mass is 359 g/mol. The first-order chi connectivity index (χ1) is 12.5. The highest BCUT2D eigenvalue weighted by Crippen LogP contribution is 2.38. The molecular formula is C20H25NO5. The first-order valence-electron chi connectivity index (χ1n) is 8.24. The number of hydrogen-bond donors (Lipinski definition) is 1. The topological polar surface area (TPSA) is 66.0 Å². The number of rotatable bonds is 8. The number of carbonyl (C=O) groups excluding carboxylic acids is 1. The summed E-state index contributed by atoms with van der Waals surface area (Å²) in [7, 11) is 4.65. The van der Waals surface area contributed by atoms with Crippen LogP contribution in [0, 0.1) is 13.8 Å². The molecule has 0 atom stereocenters. The maximum absolute atomic E-state index is 12.1. The van der Waals surface area contributed by atoms with Gasteiger partial charge in [-0.05, 0) is 48.7 Å². The van der Waals surface area contributed by atoms with Crippen LogP contribution in [0.25, 0.3) is 0 Å². The van der Waals surface area contributed by atoms with Crippen LogP contribution < -0.4 is 24.3 Å². The predicted octanol–water partition coefficient (Wildman–Crippen LogP) is 3.02. The van der Waals surface area contributed by atoms with Crippen LogP contribution >= 0.6 is 0 Å². The summed E-state index contributed by atoms with van der Waals surface area (Å²) >= 11 is 0. The summed E-state index contributed by atoms with van der Waals surface area (Å²) in [6.07, 6.45) is 0. The van der Waals surface area contributed by atoms with E-state index in [2.05, 4.69) is 5.32 Å². The van der Waals surface area contributed by atoms with Crippen LogP contribution in [0.15, 0.2) is 30.3 Å². The molecule has 0 aliphatic carbocycles. The van der Waals surface area contributed by atoms with E-state index in [-0.39, 0.29) is 12.5 Å². The third-order valence-electron chi connectivity index (χ3n) is 3.92. The van der Waals surface area contributed by atoms with E-state index in [4.69, 9.17) is 18.9 Å². The molecule has 6 nitrogen and oxygen atoms in total. The van der Waals surface area contributed by atoms with Gasteiger partial charge in [0.15, 0.2) is 18.1 Å². The molecule has 0 spiro atoms. The molecule has 0 aliphatic rings. The molecule has 2 rings (SSSR count). The summed E-state index contributed by atoms with van der Waals surface area (Å²) in [6, 6.07) is 9.49. The molecule has 0 unspecified atom stereocenters. The molecule has 0 radical (unpaired) electrons. The second-order valence-electron chi connectivity index (χ2n) is 5.87. The van der Waals surface area contributed by atoms with E-state index < -0.39 is 0 Å². The number of methoxy groups -OCH3 is 3. The Balaban J connectivity index is 1.97. The lowest BCUT2D eigenvalue weighted by molar-refractivity contribution is -0.123. The van der Waals surface area contributed by atoms with Gasteiger partial charge in [0.25, 0.3) is 5.91 Å². The maximum atomic E-state index is 12.1. The molecule has 1 N–H and O–H groups in total. The number of benzene rings is 2. The second kappa shape index (κ2) is 8.99. The van der Waals surface area contributed by atoms with Gasteiger partial charge < -0.3 is 24.3 Å². The van der Waals surface area contributed by atoms with Crippen LogP contribution in [0.5, 0.6) is 23.0 Å². The highest BCUT2D eigenvalue weighted by atomic mass is 16.5. The van der Waals surface area contributed by atoms with E-state index >= 15 is 0 Å². The van der Waals surface area contributed by atoms with E-state index in [9.17, 15) is 4.79 Å². The van der Waals surface area contributed by atoms with E-state index in [1.807, 2.05) is 32.0 Å². The summed E-state index contributed by atoms with van der Waals surface area (Å²) in [5.74, 6) is 2.11. The van der Waals surface area contributed by atoms with Crippen molar-refractivity contribution in [2.24, 2.45) is 0 Å². The van der Waals surface area contributed by atoms with Crippen molar-refractivity contribution < 1.29 is 23.7 Å². The third-order valence-corrected chi connectivity index (χ3v) is 3.92. The molecule has 2 aromatic rings. The van der Waals surface area contributed by atoms with Gasteiger partial charge in [-0.15, -0.1) is 0 Å². The Bertz CT molecular complexity index is 748. The van der Waals surface area contributed by atoms with E-state index in [0.717, 1.165) is 16.7 Å². The lowest BCUT2D eigenvalue weighted by Gasteiger charge is -2.15. The van der Waals surface area contributed by atoms with Gasteiger partial charge in [-0.1, -0.05) is 12.1 Å². The maximum Gasteiger partial charge on any atom is 0.258 e. The smallest absolute Gasteiger partial charge is 0.258 e. The molecule has 1 amide bonds. The van der Waals surface area contributed by atoms with Gasteiger partial charge in [0, 0.05) is 6.54 Å². The molecule has 26 heavy (non-hydrogen) atoms. The van der Waals surface area contributed by atoms with Crippen LogP contribution in [-0.2, 0) is 11.3 Å². The summed E-state index contributed by atoms with van der Waals surface area (Å²) in [6.45, 7) is 4.21. The van der Waals surface area contributed by atoms with Crippen molar-refractivity contribution in [1.29, 1.82) is 0 Å². The Hall–Kier alpha value is -2.89. The lowest BCUT2D eigenvalue weighted by Crippen LogP contribution is -2.28. The normalized spacial score (nSPS) is 10.2. The molecule has 0 aliphatic heterocycles. The number of aryl methyl sites for hydroxylation is 2. The minimum atomic E-state index is -0.209. The Morgan fingerprint density at radius 3 is 2.15 bits per heavy atom. The fraction of sp³-hybridized carbons (Fsp3) is 0.350. The minimum absolute atomic E-state index is 0.0469. The van der Waals surface area contributed by atoms with Crippen LogP contribution in [0.2, 0.25) is 0 Å². The number of ether oxygens (including phenoxy) is 4. The van der Waals surface area contributed by atoms with Crippen molar-refractivity contribution in [3.05, 3.63) is 47.0 Å². The third kappa shape index (κ3) is 4.81. The number of nitrogens with one attached hydrogen (secondary N) is 1. The van der Waals surface area contributed by atoms with Crippen molar-refractivity contribution in [1.82, 2.24) is 5.32 Å². The average Bonchev–Trinajstić information content (AvgIpc) is 2.65. The van der Waals surface area contributed by atoms with Crippen molar-refractivity contribution in [2.75, 3.05) is 27.9 Å². The Morgan fingerprint density at radius 1 is 0.923 bits per heavy atom. The molecule has 0 bridgehead atoms. The van der Waals surface area contributed by atoms with Gasteiger partial charge >= 0.3 is 0 Å². The standard InChI is InChI=1S/C20H25NO5/c1-13-6-7-14(2)16(8-13)26-12-19(22)21-11-15-9-17(23-3)20(25-5)18(10-15)24-4/h6-10H,11-12H2,1-5H3,(H,21,22). The van der Waals surface area contributed by atoms with E-state index in [0.29, 0.717) is 29.5 Å². The lowest BCUT2D eigenvalue weighted by atomic mass is 10.1. The molecule has 2 aromatic carbocycles. The Morgan fingerprint density at radius 2 is 1.58 bits per heavy atom. The molecule has 0 saturated carbocycles. The van der Waals surface area contributed by atoms with E-state index in [1.54, 1.807) is 33.5 Å². The molecule has 0 fully saturated rings. The van der Waals surface area contributed by atoms with Gasteiger partial charge in [0.05, 0.1) is 21.3 Å². The van der Waals surface area contributed by atoms with E-state index in [1.165, 1.54) is 0 Å². The van der Waals surface area contributed by atoms with Crippen LogP contribution in [0.4, 0.5) is 0 Å². The summed E-state index contributed by atoms with van der Waals surface area (Å²) in [5.41, 5.74) is 2.91. The zero-order valence-electron chi connectivity index (χ0n) is 15.8. The highest BCUT2D eigenvalue weighted by molar-refractivity contribution is 5.77.